The Bertz CT molecular complexity index is 2510. The van der Waals surface area contributed by atoms with Crippen molar-refractivity contribution in [1.82, 2.24) is 9.55 Å². The molecule has 2 heterocycles. The first kappa shape index (κ1) is 22.9. The van der Waals surface area contributed by atoms with Crippen molar-refractivity contribution in [3.8, 4) is 39.2 Å². The van der Waals surface area contributed by atoms with Crippen LogP contribution in [0, 0.1) is 0 Å². The quantitative estimate of drug-likeness (QED) is 0.198. The summed E-state index contributed by atoms with van der Waals surface area (Å²) < 4.78 is 2.41. The largest absolute Gasteiger partial charge is 0.293 e. The molecular weight excluding hydrogens is 520 g/mol. The summed E-state index contributed by atoms with van der Waals surface area (Å²) in [7, 11) is 0. The van der Waals surface area contributed by atoms with Crippen molar-refractivity contribution in [2.45, 2.75) is 0 Å². The fourth-order valence-electron chi connectivity index (χ4n) is 7.49. The van der Waals surface area contributed by atoms with E-state index < -0.39 is 0 Å². The molecule has 0 aliphatic heterocycles. The van der Waals surface area contributed by atoms with Gasteiger partial charge in [0.15, 0.2) is 0 Å². The van der Waals surface area contributed by atoms with Gasteiger partial charge in [-0.05, 0) is 73.6 Å². The van der Waals surface area contributed by atoms with Gasteiger partial charge in [-0.25, -0.2) is 4.98 Å². The number of pyridine rings is 1. The van der Waals surface area contributed by atoms with Gasteiger partial charge in [0.1, 0.15) is 5.82 Å². The lowest BCUT2D eigenvalue weighted by molar-refractivity contribution is 1.10. The predicted octanol–water partition coefficient (Wildman–Crippen LogP) is 11.0. The highest BCUT2D eigenvalue weighted by molar-refractivity contribution is 6.27. The van der Waals surface area contributed by atoms with Crippen molar-refractivity contribution in [3.63, 3.8) is 0 Å². The van der Waals surface area contributed by atoms with Gasteiger partial charge in [-0.1, -0.05) is 121 Å². The van der Waals surface area contributed by atoms with Crippen molar-refractivity contribution >= 4 is 54.3 Å². The Morgan fingerprint density at radius 3 is 1.67 bits per heavy atom. The lowest BCUT2D eigenvalue weighted by atomic mass is 9.93. The van der Waals surface area contributed by atoms with Crippen LogP contribution in [0.5, 0.6) is 0 Å². The highest BCUT2D eigenvalue weighted by atomic mass is 15.1. The first-order valence-electron chi connectivity index (χ1n) is 14.8. The molecule has 0 atom stereocenters. The van der Waals surface area contributed by atoms with Crippen molar-refractivity contribution in [2.75, 3.05) is 0 Å². The topological polar surface area (TPSA) is 17.8 Å². The fraction of sp³-hybridized carbons (Fsp3) is 0. The monoisotopic (exact) mass is 544 g/mol. The van der Waals surface area contributed by atoms with Crippen LogP contribution in [0.25, 0.3) is 93.5 Å². The molecule has 43 heavy (non-hydrogen) atoms. The smallest absolute Gasteiger partial charge is 0.146 e. The minimum atomic E-state index is 0.954. The number of hydrogen-bond acceptors (Lipinski definition) is 1. The summed E-state index contributed by atoms with van der Waals surface area (Å²) in [5.41, 5.74) is 10.8. The van der Waals surface area contributed by atoms with Crippen molar-refractivity contribution in [2.24, 2.45) is 0 Å². The lowest BCUT2D eigenvalue weighted by Crippen LogP contribution is -2.02. The Labute approximate surface area is 248 Å². The van der Waals surface area contributed by atoms with E-state index in [1.165, 1.54) is 71.0 Å². The van der Waals surface area contributed by atoms with Crippen LogP contribution in [-0.2, 0) is 0 Å². The Morgan fingerprint density at radius 2 is 0.977 bits per heavy atom. The van der Waals surface area contributed by atoms with E-state index in [-0.39, 0.29) is 0 Å². The van der Waals surface area contributed by atoms with E-state index in [9.17, 15) is 0 Å². The number of hydrogen-bond donors (Lipinski definition) is 0. The van der Waals surface area contributed by atoms with Crippen LogP contribution in [0.1, 0.15) is 0 Å². The summed E-state index contributed by atoms with van der Waals surface area (Å²) in [6, 6.07) is 52.9. The highest BCUT2D eigenvalue weighted by Gasteiger charge is 2.26. The zero-order chi connectivity index (χ0) is 28.1. The van der Waals surface area contributed by atoms with E-state index in [4.69, 9.17) is 4.98 Å². The van der Waals surface area contributed by atoms with Gasteiger partial charge in [-0.3, -0.25) is 4.57 Å². The molecule has 1 aliphatic carbocycles. The number of benzene rings is 7. The van der Waals surface area contributed by atoms with E-state index >= 15 is 0 Å². The molecule has 0 saturated carbocycles. The minimum Gasteiger partial charge on any atom is -0.293 e. The van der Waals surface area contributed by atoms with Crippen LogP contribution >= 0.6 is 0 Å². The fourth-order valence-corrected chi connectivity index (χ4v) is 7.49. The van der Waals surface area contributed by atoms with Crippen LogP contribution in [0.2, 0.25) is 0 Å². The van der Waals surface area contributed by atoms with Crippen LogP contribution in [-0.4, -0.2) is 9.55 Å². The number of fused-ring (bicyclic) bond motifs is 5. The first-order chi connectivity index (χ1) is 21.3. The minimum absolute atomic E-state index is 0.954. The van der Waals surface area contributed by atoms with E-state index in [2.05, 4.69) is 150 Å². The van der Waals surface area contributed by atoms with Gasteiger partial charge in [0.2, 0.25) is 0 Å². The number of aromatic nitrogens is 2. The molecule has 198 valence electrons. The second-order valence-corrected chi connectivity index (χ2v) is 11.5. The van der Waals surface area contributed by atoms with E-state index in [0.29, 0.717) is 0 Å². The Balaban J connectivity index is 1.40. The van der Waals surface area contributed by atoms with Crippen molar-refractivity contribution < 1.29 is 0 Å². The molecule has 0 saturated heterocycles. The zero-order valence-electron chi connectivity index (χ0n) is 23.3. The van der Waals surface area contributed by atoms with Crippen LogP contribution in [0.3, 0.4) is 0 Å². The van der Waals surface area contributed by atoms with Crippen molar-refractivity contribution in [3.05, 3.63) is 146 Å². The summed E-state index contributed by atoms with van der Waals surface area (Å²) in [4.78, 5) is 5.49. The predicted molar refractivity (Wildman–Crippen MR) is 181 cm³/mol. The molecule has 10 rings (SSSR count). The van der Waals surface area contributed by atoms with E-state index in [1.807, 2.05) is 0 Å². The summed E-state index contributed by atoms with van der Waals surface area (Å²) in [5.74, 6) is 0.954. The lowest BCUT2D eigenvalue weighted by Gasteiger charge is -2.17. The zero-order valence-corrected chi connectivity index (χ0v) is 23.3. The maximum absolute atomic E-state index is 5.49. The van der Waals surface area contributed by atoms with Crippen molar-refractivity contribution in [1.29, 1.82) is 0 Å². The summed E-state index contributed by atoms with van der Waals surface area (Å²) in [6.07, 6.45) is 0. The maximum atomic E-state index is 5.49. The van der Waals surface area contributed by atoms with Gasteiger partial charge in [0.25, 0.3) is 0 Å². The molecule has 2 nitrogen and oxygen atoms in total. The van der Waals surface area contributed by atoms with Crippen LogP contribution in [0.4, 0.5) is 0 Å². The molecule has 2 heteroatoms. The molecule has 0 spiro atoms. The second-order valence-electron chi connectivity index (χ2n) is 11.5. The third kappa shape index (κ3) is 3.05. The molecule has 9 aromatic rings. The first-order valence-corrected chi connectivity index (χ1v) is 14.8. The Kier molecular flexibility index (Phi) is 4.48. The average molecular weight is 545 g/mol. The van der Waals surface area contributed by atoms with Gasteiger partial charge in [0, 0.05) is 21.7 Å². The maximum Gasteiger partial charge on any atom is 0.146 e. The summed E-state index contributed by atoms with van der Waals surface area (Å²) in [5, 5.41) is 8.80. The van der Waals surface area contributed by atoms with Gasteiger partial charge in [0.05, 0.1) is 16.6 Å². The van der Waals surface area contributed by atoms with Gasteiger partial charge in [-0.2, -0.15) is 0 Å². The summed E-state index contributed by atoms with van der Waals surface area (Å²) >= 11 is 0. The number of rotatable bonds is 2. The molecule has 0 N–H and O–H groups in total. The van der Waals surface area contributed by atoms with E-state index in [0.717, 1.165) is 22.5 Å². The molecule has 0 amide bonds. The molecule has 2 aromatic heterocycles. The molecular formula is C41H24N2. The molecule has 0 fully saturated rings. The Morgan fingerprint density at radius 1 is 0.395 bits per heavy atom. The van der Waals surface area contributed by atoms with Crippen LogP contribution in [0.15, 0.2) is 146 Å². The average Bonchev–Trinajstić information content (AvgIpc) is 3.36. The SMILES string of the molecule is c1ccc(-c2cc3c(ccc4ccccc43)nc2-n2c3cccc4c3c3c(cccc32)-c2cccc3cccc-4c23)cc1. The standard InChI is InChI=1S/C41H24N2/c1-2-10-25(11-3-1)33-24-34-28-15-5-4-12-26(28)22-23-35(34)42-41(33)43-36-20-8-18-31-29-16-6-13-27-14-7-17-30(38(27)29)32-19-9-21-37(43)40(32)39(31)36/h1-24H. The van der Waals surface area contributed by atoms with Gasteiger partial charge in [-0.15, -0.1) is 0 Å². The summed E-state index contributed by atoms with van der Waals surface area (Å²) in [6.45, 7) is 0. The second kappa shape index (κ2) is 8.40. The third-order valence-electron chi connectivity index (χ3n) is 9.30. The number of nitrogens with zero attached hydrogens (tertiary/aromatic N) is 2. The third-order valence-corrected chi connectivity index (χ3v) is 9.30. The molecule has 7 aromatic carbocycles. The van der Waals surface area contributed by atoms with Gasteiger partial charge >= 0.3 is 0 Å². The Hall–Kier alpha value is -5.73. The van der Waals surface area contributed by atoms with E-state index in [1.54, 1.807) is 0 Å². The molecule has 0 unspecified atom stereocenters. The highest BCUT2D eigenvalue weighted by Crippen LogP contribution is 2.50. The van der Waals surface area contributed by atoms with Gasteiger partial charge < -0.3 is 0 Å². The normalized spacial score (nSPS) is 12.2. The molecule has 0 bridgehead atoms. The molecule has 0 radical (unpaired) electrons. The van der Waals surface area contributed by atoms with Crippen LogP contribution < -0.4 is 0 Å². The molecule has 1 aliphatic rings.